The van der Waals surface area contributed by atoms with Crippen molar-refractivity contribution in [2.24, 2.45) is 0 Å². The molecule has 5 nitrogen and oxygen atoms in total. The Bertz CT molecular complexity index is 988. The lowest BCUT2D eigenvalue weighted by molar-refractivity contribution is -0.117. The number of carbonyl (C=O) groups is 1. The summed E-state index contributed by atoms with van der Waals surface area (Å²) in [6.45, 7) is 2.34. The maximum absolute atomic E-state index is 13.2. The Balaban J connectivity index is 1.59. The molecule has 4 rings (SSSR count). The molecule has 0 bridgehead atoms. The monoisotopic (exact) mass is 371 g/mol. The molecule has 1 fully saturated rings. The van der Waals surface area contributed by atoms with Gasteiger partial charge < -0.3 is 9.42 Å². The van der Waals surface area contributed by atoms with E-state index in [2.05, 4.69) is 10.1 Å². The van der Waals surface area contributed by atoms with E-state index in [1.807, 2.05) is 31.2 Å². The Kier molecular flexibility index (Phi) is 4.20. The first-order valence-electron chi connectivity index (χ1n) is 8.18. The third-order valence-electron chi connectivity index (χ3n) is 4.50. The summed E-state index contributed by atoms with van der Waals surface area (Å²) in [5, 5.41) is 4.25. The fourth-order valence-electron chi connectivity index (χ4n) is 3.14. The van der Waals surface area contributed by atoms with E-state index in [9.17, 15) is 9.18 Å². The Morgan fingerprint density at radius 3 is 2.85 bits per heavy atom. The molecule has 26 heavy (non-hydrogen) atoms. The average Bonchev–Trinajstić information content (AvgIpc) is 3.22. The van der Waals surface area contributed by atoms with Gasteiger partial charge in [-0.3, -0.25) is 4.79 Å². The fraction of sp³-hybridized carbons (Fsp3) is 0.211. The predicted molar refractivity (Wildman–Crippen MR) is 95.6 cm³/mol. The van der Waals surface area contributed by atoms with Gasteiger partial charge in [-0.05, 0) is 30.7 Å². The van der Waals surface area contributed by atoms with Gasteiger partial charge in [0.1, 0.15) is 5.82 Å². The van der Waals surface area contributed by atoms with Crippen molar-refractivity contribution >= 4 is 23.2 Å². The van der Waals surface area contributed by atoms with Crippen LogP contribution in [-0.4, -0.2) is 22.6 Å². The number of amides is 1. The molecular formula is C19H15ClFN3O2. The number of hydrogen-bond acceptors (Lipinski definition) is 4. The summed E-state index contributed by atoms with van der Waals surface area (Å²) in [7, 11) is 0. The van der Waals surface area contributed by atoms with Crippen molar-refractivity contribution < 1.29 is 13.7 Å². The van der Waals surface area contributed by atoms with E-state index in [-0.39, 0.29) is 23.3 Å². The summed E-state index contributed by atoms with van der Waals surface area (Å²) in [6.07, 6.45) is 0.239. The fourth-order valence-corrected chi connectivity index (χ4v) is 3.41. The van der Waals surface area contributed by atoms with Gasteiger partial charge in [0.05, 0.1) is 16.6 Å². The summed E-state index contributed by atoms with van der Waals surface area (Å²) in [4.78, 5) is 18.4. The number of nitrogens with zero attached hydrogens (tertiary/aromatic N) is 3. The number of hydrogen-bond donors (Lipinski definition) is 0. The molecule has 0 spiro atoms. The smallest absolute Gasteiger partial charge is 0.232 e. The zero-order valence-corrected chi connectivity index (χ0v) is 14.7. The molecular weight excluding hydrogens is 357 g/mol. The molecule has 0 radical (unpaired) electrons. The van der Waals surface area contributed by atoms with Crippen LogP contribution in [0.3, 0.4) is 0 Å². The molecule has 1 unspecified atom stereocenters. The van der Waals surface area contributed by atoms with Crippen LogP contribution in [0.4, 0.5) is 10.1 Å². The van der Waals surface area contributed by atoms with E-state index in [0.29, 0.717) is 23.9 Å². The van der Waals surface area contributed by atoms with Gasteiger partial charge in [-0.2, -0.15) is 4.98 Å². The lowest BCUT2D eigenvalue weighted by atomic mass is 10.1. The third-order valence-corrected chi connectivity index (χ3v) is 4.81. The van der Waals surface area contributed by atoms with E-state index in [1.165, 1.54) is 23.1 Å². The molecule has 2 heterocycles. The van der Waals surface area contributed by atoms with Gasteiger partial charge in [0.15, 0.2) is 0 Å². The van der Waals surface area contributed by atoms with Crippen LogP contribution in [0.25, 0.3) is 11.4 Å². The summed E-state index contributed by atoms with van der Waals surface area (Å²) in [6, 6.07) is 11.7. The van der Waals surface area contributed by atoms with Gasteiger partial charge in [0, 0.05) is 18.5 Å². The number of aryl methyl sites for hydroxylation is 1. The number of carbonyl (C=O) groups excluding carboxylic acids is 1. The van der Waals surface area contributed by atoms with Gasteiger partial charge >= 0.3 is 0 Å². The van der Waals surface area contributed by atoms with E-state index < -0.39 is 5.82 Å². The van der Waals surface area contributed by atoms with Crippen molar-refractivity contribution in [3.05, 3.63) is 64.8 Å². The summed E-state index contributed by atoms with van der Waals surface area (Å²) >= 11 is 6.08. The molecule has 3 aromatic rings. The normalized spacial score (nSPS) is 17.1. The average molecular weight is 372 g/mol. The SMILES string of the molecule is Cc1ccccc1-c1noc(C2CC(=O)N(c3ccc(F)cc3Cl)C2)n1. The van der Waals surface area contributed by atoms with E-state index in [1.54, 1.807) is 0 Å². The maximum Gasteiger partial charge on any atom is 0.232 e. The van der Waals surface area contributed by atoms with Crippen molar-refractivity contribution in [3.63, 3.8) is 0 Å². The second-order valence-corrected chi connectivity index (χ2v) is 6.68. The molecule has 7 heteroatoms. The second-order valence-electron chi connectivity index (χ2n) is 6.27. The van der Waals surface area contributed by atoms with Crippen LogP contribution in [0.15, 0.2) is 47.0 Å². The third kappa shape index (κ3) is 2.97. The molecule has 1 amide bonds. The molecule has 1 aliphatic rings. The first-order valence-corrected chi connectivity index (χ1v) is 8.56. The predicted octanol–water partition coefficient (Wildman–Crippen LogP) is 4.36. The zero-order valence-electron chi connectivity index (χ0n) is 13.9. The highest BCUT2D eigenvalue weighted by Gasteiger charge is 2.36. The summed E-state index contributed by atoms with van der Waals surface area (Å²) < 4.78 is 18.7. The summed E-state index contributed by atoms with van der Waals surface area (Å²) in [5.41, 5.74) is 2.42. The second kappa shape index (κ2) is 6.53. The first kappa shape index (κ1) is 16.7. The zero-order chi connectivity index (χ0) is 18.3. The van der Waals surface area contributed by atoms with Crippen LogP contribution in [0.5, 0.6) is 0 Å². The highest BCUT2D eigenvalue weighted by Crippen LogP contribution is 2.35. The molecule has 132 valence electrons. The van der Waals surface area contributed by atoms with Gasteiger partial charge in [-0.15, -0.1) is 0 Å². The molecule has 0 N–H and O–H groups in total. The minimum atomic E-state index is -0.443. The summed E-state index contributed by atoms with van der Waals surface area (Å²) in [5.74, 6) is 0.135. The van der Waals surface area contributed by atoms with Gasteiger partial charge in [-0.25, -0.2) is 4.39 Å². The Morgan fingerprint density at radius 2 is 2.08 bits per heavy atom. The highest BCUT2D eigenvalue weighted by atomic mass is 35.5. The molecule has 1 atom stereocenters. The van der Waals surface area contributed by atoms with Crippen molar-refractivity contribution in [2.45, 2.75) is 19.3 Å². The van der Waals surface area contributed by atoms with E-state index >= 15 is 0 Å². The first-order chi connectivity index (χ1) is 12.5. The minimum absolute atomic E-state index is 0.112. The number of benzene rings is 2. The van der Waals surface area contributed by atoms with Crippen molar-refractivity contribution in [1.29, 1.82) is 0 Å². The number of anilines is 1. The molecule has 1 saturated heterocycles. The Labute approximate surface area is 154 Å². The highest BCUT2D eigenvalue weighted by molar-refractivity contribution is 6.33. The van der Waals surface area contributed by atoms with Crippen LogP contribution in [0.2, 0.25) is 5.02 Å². The van der Waals surface area contributed by atoms with Crippen LogP contribution < -0.4 is 4.90 Å². The van der Waals surface area contributed by atoms with Crippen molar-refractivity contribution in [2.75, 3.05) is 11.4 Å². The molecule has 1 aromatic heterocycles. The molecule has 0 aliphatic carbocycles. The largest absolute Gasteiger partial charge is 0.339 e. The van der Waals surface area contributed by atoms with Crippen LogP contribution >= 0.6 is 11.6 Å². The van der Waals surface area contributed by atoms with E-state index in [0.717, 1.165) is 11.1 Å². The van der Waals surface area contributed by atoms with E-state index in [4.69, 9.17) is 16.1 Å². The Morgan fingerprint density at radius 1 is 1.27 bits per heavy atom. The van der Waals surface area contributed by atoms with Crippen molar-refractivity contribution in [3.8, 4) is 11.4 Å². The van der Waals surface area contributed by atoms with Crippen molar-refractivity contribution in [1.82, 2.24) is 10.1 Å². The molecule has 1 aliphatic heterocycles. The molecule has 0 saturated carbocycles. The molecule has 2 aromatic carbocycles. The number of aromatic nitrogens is 2. The van der Waals surface area contributed by atoms with Crippen LogP contribution in [0.1, 0.15) is 23.8 Å². The Hall–Kier alpha value is -2.73. The maximum atomic E-state index is 13.2. The quantitative estimate of drug-likeness (QED) is 0.686. The number of halogens is 2. The lowest BCUT2D eigenvalue weighted by Gasteiger charge is -2.17. The van der Waals surface area contributed by atoms with Gasteiger partial charge in [-0.1, -0.05) is 41.0 Å². The van der Waals surface area contributed by atoms with Gasteiger partial charge in [0.25, 0.3) is 0 Å². The van der Waals surface area contributed by atoms with Crippen LogP contribution in [0, 0.1) is 12.7 Å². The standard InChI is InChI=1S/C19H15ClFN3O2/c1-11-4-2-3-5-14(11)18-22-19(26-23-18)12-8-17(25)24(10-12)16-7-6-13(21)9-15(16)20/h2-7,9,12H,8,10H2,1H3. The van der Waals surface area contributed by atoms with Gasteiger partial charge in [0.2, 0.25) is 17.6 Å². The minimum Gasteiger partial charge on any atom is -0.339 e. The van der Waals surface area contributed by atoms with Crippen LogP contribution in [-0.2, 0) is 4.79 Å². The number of rotatable bonds is 3. The lowest BCUT2D eigenvalue weighted by Crippen LogP contribution is -2.24. The topological polar surface area (TPSA) is 59.2 Å².